The zero-order valence-corrected chi connectivity index (χ0v) is 18.0. The molecule has 0 saturated carbocycles. The predicted molar refractivity (Wildman–Crippen MR) is 108 cm³/mol. The minimum atomic E-state index is -3.88. The number of likely N-dealkylation sites (tertiary alicyclic amines) is 1. The topological polar surface area (TPSA) is 58.6 Å². The zero-order chi connectivity index (χ0) is 19.1. The maximum atomic E-state index is 12.7. The summed E-state index contributed by atoms with van der Waals surface area (Å²) in [6.07, 6.45) is 0.919. The molecule has 1 aliphatic heterocycles. The summed E-state index contributed by atoms with van der Waals surface area (Å²) in [4.78, 5) is 2.15. The summed E-state index contributed by atoms with van der Waals surface area (Å²) >= 11 is 19.3. The fourth-order valence-corrected chi connectivity index (χ4v) is 6.55. The average molecular weight is 456 g/mol. The van der Waals surface area contributed by atoms with Gasteiger partial charge in [-0.25, -0.2) is 8.42 Å². The third-order valence-corrected chi connectivity index (χ3v) is 8.00. The van der Waals surface area contributed by atoms with Crippen molar-refractivity contribution in [2.24, 2.45) is 0 Å². The van der Waals surface area contributed by atoms with E-state index in [4.69, 9.17) is 39.5 Å². The maximum absolute atomic E-state index is 12.7. The molecule has 0 aliphatic carbocycles. The number of rotatable bonds is 5. The van der Waals surface area contributed by atoms with Crippen LogP contribution >= 0.6 is 46.1 Å². The fraction of sp³-hybridized carbons (Fsp3) is 0.375. The van der Waals surface area contributed by atoms with Crippen molar-refractivity contribution < 1.29 is 13.2 Å². The average Bonchev–Trinajstić information content (AvgIpc) is 3.05. The van der Waals surface area contributed by atoms with Crippen LogP contribution in [0.25, 0.3) is 0 Å². The van der Waals surface area contributed by atoms with E-state index in [-0.39, 0.29) is 15.3 Å². The van der Waals surface area contributed by atoms with Crippen LogP contribution in [0.3, 0.4) is 0 Å². The Morgan fingerprint density at radius 2 is 2.00 bits per heavy atom. The van der Waals surface area contributed by atoms with E-state index in [9.17, 15) is 8.42 Å². The predicted octanol–water partition coefficient (Wildman–Crippen LogP) is 4.90. The molecule has 1 N–H and O–H groups in total. The van der Waals surface area contributed by atoms with Gasteiger partial charge in [0.2, 0.25) is 0 Å². The van der Waals surface area contributed by atoms with E-state index < -0.39 is 10.0 Å². The first-order valence-electron chi connectivity index (χ1n) is 7.79. The van der Waals surface area contributed by atoms with E-state index in [1.807, 2.05) is 7.05 Å². The first-order valence-corrected chi connectivity index (χ1v) is 11.2. The number of thiophene rings is 1. The third-order valence-electron chi connectivity index (χ3n) is 4.09. The molecule has 2 heterocycles. The smallest absolute Gasteiger partial charge is 0.264 e. The van der Waals surface area contributed by atoms with E-state index >= 15 is 0 Å². The molecule has 0 bridgehead atoms. The Morgan fingerprint density at radius 3 is 2.58 bits per heavy atom. The van der Waals surface area contributed by atoms with Gasteiger partial charge < -0.3 is 9.64 Å². The lowest BCUT2D eigenvalue weighted by molar-refractivity contribution is 0.208. The molecule has 1 saturated heterocycles. The van der Waals surface area contributed by atoms with Crippen molar-refractivity contribution in [3.05, 3.63) is 37.5 Å². The van der Waals surface area contributed by atoms with Gasteiger partial charge in [-0.15, -0.1) is 11.3 Å². The second kappa shape index (κ2) is 7.73. The van der Waals surface area contributed by atoms with Crippen LogP contribution in [-0.4, -0.2) is 39.6 Å². The lowest BCUT2D eigenvalue weighted by Gasteiger charge is -2.16. The van der Waals surface area contributed by atoms with E-state index in [2.05, 4.69) is 9.62 Å². The van der Waals surface area contributed by atoms with Gasteiger partial charge in [-0.1, -0.05) is 34.8 Å². The van der Waals surface area contributed by atoms with Crippen molar-refractivity contribution in [3.8, 4) is 5.75 Å². The van der Waals surface area contributed by atoms with Crippen LogP contribution in [0.2, 0.25) is 13.7 Å². The molecule has 0 spiro atoms. The van der Waals surface area contributed by atoms with Crippen LogP contribution in [0, 0.1) is 6.92 Å². The van der Waals surface area contributed by atoms with Gasteiger partial charge in [0.25, 0.3) is 10.0 Å². The van der Waals surface area contributed by atoms with Gasteiger partial charge in [-0.3, -0.25) is 4.72 Å². The van der Waals surface area contributed by atoms with Gasteiger partial charge in [0.15, 0.2) is 0 Å². The number of likely N-dealkylation sites (N-methyl/N-ethyl adjacent to an activating group) is 1. The highest BCUT2D eigenvalue weighted by Gasteiger charge is 2.26. The van der Waals surface area contributed by atoms with Crippen LogP contribution in [0.1, 0.15) is 12.0 Å². The van der Waals surface area contributed by atoms with E-state index in [0.717, 1.165) is 30.8 Å². The lowest BCUT2D eigenvalue weighted by atomic mass is 10.3. The SMILES string of the molecule is Cc1c(Cl)sc(Cl)c1S(=O)(=O)Nc1ccc(Cl)c(OC2CCN(C)C2)c1. The summed E-state index contributed by atoms with van der Waals surface area (Å²) in [7, 11) is -1.86. The number of ether oxygens (including phenoxy) is 1. The normalized spacial score (nSPS) is 18.3. The number of nitrogens with zero attached hydrogens (tertiary/aromatic N) is 1. The summed E-state index contributed by atoms with van der Waals surface area (Å²) in [6.45, 7) is 3.37. The van der Waals surface area contributed by atoms with Crippen molar-refractivity contribution in [3.63, 3.8) is 0 Å². The molecule has 142 valence electrons. The molecular formula is C16H17Cl3N2O3S2. The molecule has 1 fully saturated rings. The van der Waals surface area contributed by atoms with Gasteiger partial charge in [0.05, 0.1) is 15.0 Å². The maximum Gasteiger partial charge on any atom is 0.264 e. The van der Waals surface area contributed by atoms with Crippen LogP contribution in [0.4, 0.5) is 5.69 Å². The molecule has 26 heavy (non-hydrogen) atoms. The van der Waals surface area contributed by atoms with Crippen molar-refractivity contribution in [1.29, 1.82) is 0 Å². The van der Waals surface area contributed by atoms with Crippen LogP contribution < -0.4 is 9.46 Å². The number of hydrogen-bond donors (Lipinski definition) is 1. The third kappa shape index (κ3) is 4.24. The molecular weight excluding hydrogens is 439 g/mol. The number of hydrogen-bond acceptors (Lipinski definition) is 5. The minimum absolute atomic E-state index is 0.0102. The number of halogens is 3. The highest BCUT2D eigenvalue weighted by molar-refractivity contribution is 7.93. The number of benzene rings is 1. The van der Waals surface area contributed by atoms with Crippen molar-refractivity contribution in [1.82, 2.24) is 4.90 Å². The van der Waals surface area contributed by atoms with E-state index in [0.29, 0.717) is 26.4 Å². The quantitative estimate of drug-likeness (QED) is 0.696. The van der Waals surface area contributed by atoms with Crippen molar-refractivity contribution in [2.45, 2.75) is 24.3 Å². The van der Waals surface area contributed by atoms with Crippen LogP contribution in [-0.2, 0) is 10.0 Å². The Labute approximate surface area is 171 Å². The first-order chi connectivity index (χ1) is 12.2. The Kier molecular flexibility index (Phi) is 5.96. The summed E-state index contributed by atoms with van der Waals surface area (Å²) in [6, 6.07) is 4.75. The molecule has 5 nitrogen and oxygen atoms in total. The van der Waals surface area contributed by atoms with Gasteiger partial charge >= 0.3 is 0 Å². The summed E-state index contributed by atoms with van der Waals surface area (Å²) < 4.78 is 34.4. The minimum Gasteiger partial charge on any atom is -0.487 e. The molecule has 3 rings (SSSR count). The summed E-state index contributed by atoms with van der Waals surface area (Å²) in [5.74, 6) is 0.443. The molecule has 1 aromatic carbocycles. The first kappa shape index (κ1) is 20.0. The van der Waals surface area contributed by atoms with E-state index in [1.54, 1.807) is 25.1 Å². The van der Waals surface area contributed by atoms with Crippen LogP contribution in [0.15, 0.2) is 23.1 Å². The Hall–Kier alpha value is -0.700. The second-order valence-corrected chi connectivity index (χ2v) is 10.4. The summed E-state index contributed by atoms with van der Waals surface area (Å²) in [5.41, 5.74) is 0.766. The Bertz CT molecular complexity index is 931. The van der Waals surface area contributed by atoms with Crippen molar-refractivity contribution >= 4 is 61.9 Å². The van der Waals surface area contributed by atoms with Gasteiger partial charge in [-0.05, 0) is 32.5 Å². The monoisotopic (exact) mass is 454 g/mol. The Balaban J connectivity index is 1.84. The van der Waals surface area contributed by atoms with Gasteiger partial charge in [0, 0.05) is 24.7 Å². The van der Waals surface area contributed by atoms with Gasteiger partial charge in [-0.2, -0.15) is 0 Å². The molecule has 1 atom stereocenters. The number of sulfonamides is 1. The molecule has 10 heteroatoms. The zero-order valence-electron chi connectivity index (χ0n) is 14.1. The largest absolute Gasteiger partial charge is 0.487 e. The molecule has 1 unspecified atom stereocenters. The fourth-order valence-electron chi connectivity index (χ4n) is 2.78. The highest BCUT2D eigenvalue weighted by atomic mass is 35.5. The number of nitrogens with one attached hydrogen (secondary N) is 1. The molecule has 0 amide bonds. The van der Waals surface area contributed by atoms with E-state index in [1.165, 1.54) is 0 Å². The molecule has 1 aromatic heterocycles. The molecule has 2 aromatic rings. The van der Waals surface area contributed by atoms with Gasteiger partial charge in [0.1, 0.15) is 21.1 Å². The van der Waals surface area contributed by atoms with Crippen molar-refractivity contribution in [2.75, 3.05) is 24.9 Å². The highest BCUT2D eigenvalue weighted by Crippen LogP contribution is 2.40. The summed E-state index contributed by atoms with van der Waals surface area (Å²) in [5, 5.41) is 0.426. The molecule has 0 radical (unpaired) electrons. The standard InChI is InChI=1S/C16H17Cl3N2O3S2/c1-9-14(16(19)25-15(9)18)26(22,23)20-10-3-4-12(17)13(7-10)24-11-5-6-21(2)8-11/h3-4,7,11,20H,5-6,8H2,1-2H3. The Morgan fingerprint density at radius 1 is 1.27 bits per heavy atom. The second-order valence-electron chi connectivity index (χ2n) is 6.15. The number of anilines is 1. The van der Waals surface area contributed by atoms with Crippen LogP contribution in [0.5, 0.6) is 5.75 Å². The molecule has 1 aliphatic rings. The lowest BCUT2D eigenvalue weighted by Crippen LogP contribution is -2.21.